The molecule has 0 aromatic carbocycles. The summed E-state index contributed by atoms with van der Waals surface area (Å²) < 4.78 is 3.17. The highest BCUT2D eigenvalue weighted by Gasteiger charge is 2.55. The highest BCUT2D eigenvalue weighted by Crippen LogP contribution is 2.45. The maximum absolute atomic E-state index is 11.4. The average Bonchev–Trinajstić information content (AvgIpc) is 2.22. The Hall–Kier alpha value is -0.220. The number of hydrogen-bond donors (Lipinski definition) is 1. The zero-order valence-corrected chi connectivity index (χ0v) is 11.0. The van der Waals surface area contributed by atoms with Gasteiger partial charge in [-0.3, -0.25) is 4.79 Å². The lowest BCUT2D eigenvalue weighted by Crippen LogP contribution is -2.54. The van der Waals surface area contributed by atoms with Crippen LogP contribution in [0.5, 0.6) is 0 Å². The summed E-state index contributed by atoms with van der Waals surface area (Å²) in [6.07, 6.45) is 6.90. The van der Waals surface area contributed by atoms with Crippen molar-refractivity contribution in [3.63, 3.8) is 0 Å². The number of carbonyl (C=O) groups excluding carboxylic acids is 1. The first-order chi connectivity index (χ1) is 7.82. The molecule has 1 saturated heterocycles. The maximum atomic E-state index is 11.4. The molecule has 1 unspecified atom stereocenters. The Labute approximate surface area is 114 Å². The van der Waals surface area contributed by atoms with Crippen LogP contribution >= 0.6 is 34.8 Å². The van der Waals surface area contributed by atoms with Crippen LogP contribution in [0.25, 0.3) is 0 Å². The van der Waals surface area contributed by atoms with E-state index in [0.717, 1.165) is 0 Å². The molecule has 0 radical (unpaired) electrons. The van der Waals surface area contributed by atoms with E-state index in [4.69, 9.17) is 39.5 Å². The number of carbonyl (C=O) groups is 1. The Morgan fingerprint density at radius 1 is 1.47 bits per heavy atom. The van der Waals surface area contributed by atoms with Crippen molar-refractivity contribution in [1.82, 2.24) is 0 Å². The van der Waals surface area contributed by atoms with Gasteiger partial charge in [-0.05, 0) is 12.8 Å². The molecule has 6 heteroatoms. The highest BCUT2D eigenvalue weighted by molar-refractivity contribution is 6.68. The summed E-state index contributed by atoms with van der Waals surface area (Å²) >= 11 is 17.1. The minimum Gasteiger partial charge on any atom is -0.457 e. The first-order valence-electron chi connectivity index (χ1n) is 5.16. The highest BCUT2D eigenvalue weighted by atomic mass is 35.6. The van der Waals surface area contributed by atoms with Crippen molar-refractivity contribution >= 4 is 40.8 Å². The van der Waals surface area contributed by atoms with E-state index < -0.39 is 27.4 Å². The third-order valence-electron chi connectivity index (χ3n) is 2.93. The second-order valence-corrected chi connectivity index (χ2v) is 6.67. The molecule has 0 saturated carbocycles. The van der Waals surface area contributed by atoms with Crippen LogP contribution in [0.3, 0.4) is 0 Å². The van der Waals surface area contributed by atoms with Gasteiger partial charge in [0.05, 0.1) is 5.60 Å². The van der Waals surface area contributed by atoms with E-state index in [-0.39, 0.29) is 6.42 Å². The molecule has 2 rings (SSSR count). The number of aliphatic hydroxyl groups is 1. The molecule has 0 aromatic rings. The van der Waals surface area contributed by atoms with Crippen molar-refractivity contribution < 1.29 is 14.6 Å². The van der Waals surface area contributed by atoms with E-state index in [1.165, 1.54) is 0 Å². The van der Waals surface area contributed by atoms with Gasteiger partial charge in [0, 0.05) is 0 Å². The second-order valence-electron chi connectivity index (χ2n) is 4.30. The summed E-state index contributed by atoms with van der Waals surface area (Å²) in [7, 11) is 0. The number of rotatable bonds is 2. The molecule has 0 amide bonds. The Balaban J connectivity index is 2.05. The van der Waals surface area contributed by atoms with Crippen molar-refractivity contribution in [2.75, 3.05) is 0 Å². The quantitative estimate of drug-likeness (QED) is 0.629. The minimum atomic E-state index is -1.65. The number of esters is 1. The maximum Gasteiger partial charge on any atom is 0.313 e. The van der Waals surface area contributed by atoms with Gasteiger partial charge in [0.25, 0.3) is 0 Å². The number of cyclic esters (lactones) is 1. The second kappa shape index (κ2) is 4.47. The van der Waals surface area contributed by atoms with E-state index >= 15 is 0 Å². The lowest BCUT2D eigenvalue weighted by atomic mass is 9.81. The minimum absolute atomic E-state index is 0.200. The summed E-state index contributed by atoms with van der Waals surface area (Å²) in [5.41, 5.74) is -1.06. The SMILES string of the molecule is O=C1O[C@@H](C(Cl)(Cl)Cl)[C@H]1CC1(O)C=CC=CC1. The Bertz CT molecular complexity index is 386. The molecule has 94 valence electrons. The van der Waals surface area contributed by atoms with Gasteiger partial charge in [-0.2, -0.15) is 0 Å². The third-order valence-corrected chi connectivity index (χ3v) is 3.58. The fraction of sp³-hybridized carbons (Fsp3) is 0.545. The summed E-state index contributed by atoms with van der Waals surface area (Å²) in [6, 6.07) is 0. The van der Waals surface area contributed by atoms with Crippen LogP contribution in [0.1, 0.15) is 12.8 Å². The number of allylic oxidation sites excluding steroid dienone is 2. The molecule has 1 N–H and O–H groups in total. The predicted molar refractivity (Wildman–Crippen MR) is 66.1 cm³/mol. The molecule has 17 heavy (non-hydrogen) atoms. The van der Waals surface area contributed by atoms with Gasteiger partial charge in [-0.15, -0.1) is 0 Å². The van der Waals surface area contributed by atoms with Crippen molar-refractivity contribution in [1.29, 1.82) is 0 Å². The van der Waals surface area contributed by atoms with Crippen LogP contribution in [-0.4, -0.2) is 26.6 Å². The molecule has 1 aliphatic heterocycles. The van der Waals surface area contributed by atoms with E-state index in [1.54, 1.807) is 12.2 Å². The van der Waals surface area contributed by atoms with Crippen LogP contribution < -0.4 is 0 Å². The Morgan fingerprint density at radius 3 is 2.65 bits per heavy atom. The summed E-state index contributed by atoms with van der Waals surface area (Å²) in [5, 5.41) is 10.2. The number of ether oxygens (including phenoxy) is 1. The predicted octanol–water partition coefficient (Wildman–Crippen LogP) is 2.54. The van der Waals surface area contributed by atoms with Crippen molar-refractivity contribution in [2.24, 2.45) is 5.92 Å². The van der Waals surface area contributed by atoms with Crippen LogP contribution in [0, 0.1) is 5.92 Å². The molecule has 1 fully saturated rings. The fourth-order valence-electron chi connectivity index (χ4n) is 2.02. The van der Waals surface area contributed by atoms with Crippen molar-refractivity contribution in [3.8, 4) is 0 Å². The number of halogens is 3. The zero-order chi connectivity index (χ0) is 12.7. The van der Waals surface area contributed by atoms with Crippen LogP contribution in [0.2, 0.25) is 0 Å². The number of hydrogen-bond acceptors (Lipinski definition) is 3. The molecule has 1 aliphatic carbocycles. The normalized spacial score (nSPS) is 36.6. The Morgan fingerprint density at radius 2 is 2.18 bits per heavy atom. The molecule has 2 aliphatic rings. The topological polar surface area (TPSA) is 46.5 Å². The van der Waals surface area contributed by atoms with Crippen LogP contribution in [0.15, 0.2) is 24.3 Å². The van der Waals surface area contributed by atoms with Gasteiger partial charge in [0.15, 0.2) is 6.10 Å². The summed E-state index contributed by atoms with van der Waals surface area (Å²) in [6.45, 7) is 0. The van der Waals surface area contributed by atoms with Gasteiger partial charge in [-0.1, -0.05) is 59.1 Å². The molecule has 0 spiro atoms. The molecule has 3 atom stereocenters. The van der Waals surface area contributed by atoms with Crippen molar-refractivity contribution in [3.05, 3.63) is 24.3 Å². The van der Waals surface area contributed by atoms with Gasteiger partial charge < -0.3 is 9.84 Å². The first kappa shape index (κ1) is 13.2. The average molecular weight is 298 g/mol. The van der Waals surface area contributed by atoms with Crippen LogP contribution in [-0.2, 0) is 9.53 Å². The summed E-state index contributed by atoms with van der Waals surface area (Å²) in [5.74, 6) is -1.01. The molecule has 1 heterocycles. The monoisotopic (exact) mass is 296 g/mol. The smallest absolute Gasteiger partial charge is 0.313 e. The van der Waals surface area contributed by atoms with Gasteiger partial charge >= 0.3 is 5.97 Å². The molecular weight excluding hydrogens is 286 g/mol. The molecular formula is C11H11Cl3O3. The standard InChI is InChI=1S/C11H11Cl3O3/c12-11(13,14)8-7(9(15)17-8)6-10(16)4-2-1-3-5-10/h1-4,7-8,16H,5-6H2/t7-,8-,10?/m1/s1. The van der Waals surface area contributed by atoms with E-state index in [9.17, 15) is 9.90 Å². The third kappa shape index (κ3) is 2.79. The largest absolute Gasteiger partial charge is 0.457 e. The molecule has 0 bridgehead atoms. The van der Waals surface area contributed by atoms with Crippen LogP contribution in [0.4, 0.5) is 0 Å². The van der Waals surface area contributed by atoms with Gasteiger partial charge in [0.1, 0.15) is 5.92 Å². The summed E-state index contributed by atoms with van der Waals surface area (Å²) in [4.78, 5) is 11.4. The lowest BCUT2D eigenvalue weighted by molar-refractivity contribution is -0.188. The van der Waals surface area contributed by atoms with E-state index in [1.807, 2.05) is 12.2 Å². The fourth-order valence-corrected chi connectivity index (χ4v) is 2.61. The Kier molecular flexibility index (Phi) is 3.47. The molecule has 0 aromatic heterocycles. The van der Waals surface area contributed by atoms with Gasteiger partial charge in [0.2, 0.25) is 3.79 Å². The van der Waals surface area contributed by atoms with E-state index in [0.29, 0.717) is 6.42 Å². The lowest BCUT2D eigenvalue weighted by Gasteiger charge is -2.42. The zero-order valence-electron chi connectivity index (χ0n) is 8.78. The van der Waals surface area contributed by atoms with E-state index in [2.05, 4.69) is 0 Å². The van der Waals surface area contributed by atoms with Crippen molar-refractivity contribution in [2.45, 2.75) is 28.3 Å². The number of alkyl halides is 3. The first-order valence-corrected chi connectivity index (χ1v) is 6.29. The molecule has 3 nitrogen and oxygen atoms in total. The van der Waals surface area contributed by atoms with Gasteiger partial charge in [-0.25, -0.2) is 0 Å².